The van der Waals surface area contributed by atoms with Gasteiger partial charge >= 0.3 is 0 Å². The first-order valence-corrected chi connectivity index (χ1v) is 7.82. The Bertz CT molecular complexity index is 946. The Hall–Kier alpha value is -2.99. The van der Waals surface area contributed by atoms with E-state index in [2.05, 4.69) is 9.98 Å². The Morgan fingerprint density at radius 2 is 1.72 bits per heavy atom. The highest BCUT2D eigenvalue weighted by Gasteiger charge is 2.15. The third-order valence-corrected chi connectivity index (χ3v) is 4.07. The van der Waals surface area contributed by atoms with Crippen LogP contribution in [0.3, 0.4) is 0 Å². The number of benzene rings is 2. The van der Waals surface area contributed by atoms with E-state index in [1.807, 2.05) is 36.4 Å². The van der Waals surface area contributed by atoms with Gasteiger partial charge < -0.3 is 20.9 Å². The number of halogens is 1. The normalized spacial score (nSPS) is 10.5. The molecule has 0 fully saturated rings. The number of hydrogen-bond acceptors (Lipinski definition) is 4. The standard InChI is InChI=1S/C18H17ClN4O2/c1-24-14-4-3-5-15(25-2)16(14)10-6-7-11-12(8-10)17(23-18(20)21)22-9-13(11)19/h3-9H,1-2H3,(H4,20,21,22,23). The summed E-state index contributed by atoms with van der Waals surface area (Å²) in [6.07, 6.45) is 1.52. The number of nitrogens with two attached hydrogens (primary N) is 2. The molecule has 0 amide bonds. The second-order valence-electron chi connectivity index (χ2n) is 5.26. The van der Waals surface area contributed by atoms with Gasteiger partial charge in [-0.05, 0) is 23.8 Å². The summed E-state index contributed by atoms with van der Waals surface area (Å²) in [7, 11) is 3.23. The highest BCUT2D eigenvalue weighted by molar-refractivity contribution is 6.35. The summed E-state index contributed by atoms with van der Waals surface area (Å²) >= 11 is 6.26. The fourth-order valence-corrected chi connectivity index (χ4v) is 2.91. The molecule has 128 valence electrons. The molecule has 6 nitrogen and oxygen atoms in total. The molecule has 1 heterocycles. The van der Waals surface area contributed by atoms with Gasteiger partial charge in [0.2, 0.25) is 0 Å². The zero-order chi connectivity index (χ0) is 18.0. The van der Waals surface area contributed by atoms with Gasteiger partial charge in [0.05, 0.1) is 24.8 Å². The van der Waals surface area contributed by atoms with Crippen molar-refractivity contribution in [2.45, 2.75) is 0 Å². The van der Waals surface area contributed by atoms with Crippen LogP contribution in [0.15, 0.2) is 47.6 Å². The van der Waals surface area contributed by atoms with Crippen LogP contribution in [0.5, 0.6) is 11.5 Å². The first kappa shape index (κ1) is 16.9. The van der Waals surface area contributed by atoms with Gasteiger partial charge in [0.15, 0.2) is 11.8 Å². The lowest BCUT2D eigenvalue weighted by Gasteiger charge is -2.14. The maximum atomic E-state index is 6.26. The molecule has 25 heavy (non-hydrogen) atoms. The van der Waals surface area contributed by atoms with Crippen LogP contribution in [0.2, 0.25) is 5.02 Å². The van der Waals surface area contributed by atoms with Gasteiger partial charge in [-0.3, -0.25) is 0 Å². The summed E-state index contributed by atoms with van der Waals surface area (Å²) in [5, 5.41) is 2.05. The molecule has 0 saturated carbocycles. The lowest BCUT2D eigenvalue weighted by atomic mass is 10.00. The second-order valence-corrected chi connectivity index (χ2v) is 5.67. The molecule has 7 heteroatoms. The number of rotatable bonds is 4. The zero-order valence-electron chi connectivity index (χ0n) is 13.8. The Labute approximate surface area is 150 Å². The summed E-state index contributed by atoms with van der Waals surface area (Å²) in [4.78, 5) is 8.31. The molecule has 0 aliphatic heterocycles. The second kappa shape index (κ2) is 6.86. The van der Waals surface area contributed by atoms with Crippen molar-refractivity contribution in [2.24, 2.45) is 16.5 Å². The number of aromatic nitrogens is 1. The number of pyridine rings is 1. The maximum Gasteiger partial charge on any atom is 0.192 e. The van der Waals surface area contributed by atoms with Crippen LogP contribution < -0.4 is 20.9 Å². The molecule has 0 bridgehead atoms. The molecule has 2 aromatic carbocycles. The van der Waals surface area contributed by atoms with E-state index < -0.39 is 0 Å². The van der Waals surface area contributed by atoms with Crippen molar-refractivity contribution >= 4 is 34.2 Å². The average molecular weight is 357 g/mol. The molecule has 3 aromatic rings. The van der Waals surface area contributed by atoms with E-state index in [4.69, 9.17) is 32.5 Å². The van der Waals surface area contributed by atoms with E-state index >= 15 is 0 Å². The molecule has 0 unspecified atom stereocenters. The van der Waals surface area contributed by atoms with Crippen molar-refractivity contribution in [2.75, 3.05) is 14.2 Å². The van der Waals surface area contributed by atoms with E-state index in [0.717, 1.165) is 21.9 Å². The first-order valence-electron chi connectivity index (χ1n) is 7.44. The molecule has 0 aliphatic carbocycles. The minimum absolute atomic E-state index is 0.0728. The molecule has 0 spiro atoms. The number of nitrogens with zero attached hydrogens (tertiary/aromatic N) is 2. The Morgan fingerprint density at radius 1 is 1.04 bits per heavy atom. The SMILES string of the molecule is COc1cccc(OC)c1-c1ccc2c(Cl)cnc(N=C(N)N)c2c1. The number of ether oxygens (including phenoxy) is 2. The number of aliphatic imine (C=N–C) groups is 1. The smallest absolute Gasteiger partial charge is 0.192 e. The number of fused-ring (bicyclic) bond motifs is 1. The van der Waals surface area contributed by atoms with E-state index in [-0.39, 0.29) is 5.96 Å². The topological polar surface area (TPSA) is 95.8 Å². The minimum atomic E-state index is -0.0728. The summed E-state index contributed by atoms with van der Waals surface area (Å²) < 4.78 is 11.0. The monoisotopic (exact) mass is 356 g/mol. The fourth-order valence-electron chi connectivity index (χ4n) is 2.70. The quantitative estimate of drug-likeness (QED) is 0.551. The predicted molar refractivity (Wildman–Crippen MR) is 101 cm³/mol. The van der Waals surface area contributed by atoms with Crippen LogP contribution in [0, 0.1) is 0 Å². The molecule has 0 radical (unpaired) electrons. The Morgan fingerprint density at radius 3 is 2.32 bits per heavy atom. The van der Waals surface area contributed by atoms with Gasteiger partial charge in [-0.1, -0.05) is 29.8 Å². The lowest BCUT2D eigenvalue weighted by molar-refractivity contribution is 0.397. The van der Waals surface area contributed by atoms with Gasteiger partial charge in [-0.25, -0.2) is 4.98 Å². The number of hydrogen-bond donors (Lipinski definition) is 2. The van der Waals surface area contributed by atoms with Crippen LogP contribution >= 0.6 is 11.6 Å². The van der Waals surface area contributed by atoms with Crippen molar-refractivity contribution in [1.82, 2.24) is 4.98 Å². The first-order chi connectivity index (χ1) is 12.0. The molecule has 0 aliphatic rings. The molecule has 1 aromatic heterocycles. The van der Waals surface area contributed by atoms with Crippen molar-refractivity contribution < 1.29 is 9.47 Å². The van der Waals surface area contributed by atoms with Crippen LogP contribution in [-0.4, -0.2) is 25.2 Å². The summed E-state index contributed by atoms with van der Waals surface area (Å²) in [5.74, 6) is 1.71. The maximum absolute atomic E-state index is 6.26. The van der Waals surface area contributed by atoms with Crippen LogP contribution in [-0.2, 0) is 0 Å². The molecule has 0 saturated heterocycles. The summed E-state index contributed by atoms with van der Waals surface area (Å²) in [6, 6.07) is 11.4. The molecular weight excluding hydrogens is 340 g/mol. The molecule has 0 atom stereocenters. The van der Waals surface area contributed by atoms with Gasteiger partial charge in [-0.15, -0.1) is 0 Å². The number of guanidine groups is 1. The van der Waals surface area contributed by atoms with Crippen LogP contribution in [0.4, 0.5) is 5.82 Å². The van der Waals surface area contributed by atoms with Gasteiger partial charge in [0.25, 0.3) is 0 Å². The lowest BCUT2D eigenvalue weighted by Crippen LogP contribution is -2.22. The van der Waals surface area contributed by atoms with E-state index in [1.165, 1.54) is 6.20 Å². The molecule has 3 rings (SSSR count). The van der Waals surface area contributed by atoms with Crippen molar-refractivity contribution in [3.05, 3.63) is 47.6 Å². The fraction of sp³-hybridized carbons (Fsp3) is 0.111. The van der Waals surface area contributed by atoms with Gasteiger partial charge in [-0.2, -0.15) is 4.99 Å². The predicted octanol–water partition coefficient (Wildman–Crippen LogP) is 3.48. The highest BCUT2D eigenvalue weighted by atomic mass is 35.5. The van der Waals surface area contributed by atoms with E-state index in [9.17, 15) is 0 Å². The van der Waals surface area contributed by atoms with Crippen LogP contribution in [0.25, 0.3) is 21.9 Å². The van der Waals surface area contributed by atoms with Gasteiger partial charge in [0.1, 0.15) is 11.5 Å². The minimum Gasteiger partial charge on any atom is -0.496 e. The Balaban J connectivity index is 2.32. The Kier molecular flexibility index (Phi) is 4.63. The third-order valence-electron chi connectivity index (χ3n) is 3.77. The third kappa shape index (κ3) is 3.16. The molecule has 4 N–H and O–H groups in total. The van der Waals surface area contributed by atoms with E-state index in [0.29, 0.717) is 22.3 Å². The van der Waals surface area contributed by atoms with Crippen LogP contribution in [0.1, 0.15) is 0 Å². The van der Waals surface area contributed by atoms with Gasteiger partial charge in [0, 0.05) is 17.0 Å². The van der Waals surface area contributed by atoms with Crippen molar-refractivity contribution in [3.63, 3.8) is 0 Å². The highest BCUT2D eigenvalue weighted by Crippen LogP contribution is 2.41. The average Bonchev–Trinajstić information content (AvgIpc) is 2.62. The van der Waals surface area contributed by atoms with Crippen molar-refractivity contribution in [1.29, 1.82) is 0 Å². The van der Waals surface area contributed by atoms with E-state index in [1.54, 1.807) is 14.2 Å². The number of methoxy groups -OCH3 is 2. The summed E-state index contributed by atoms with van der Waals surface area (Å²) in [5.41, 5.74) is 12.7. The summed E-state index contributed by atoms with van der Waals surface area (Å²) in [6.45, 7) is 0. The largest absolute Gasteiger partial charge is 0.496 e. The van der Waals surface area contributed by atoms with Crippen molar-refractivity contribution in [3.8, 4) is 22.6 Å². The zero-order valence-corrected chi connectivity index (χ0v) is 14.5. The molecular formula is C18H17ClN4O2.